The average Bonchev–Trinajstić information content (AvgIpc) is 2.74. The Hall–Kier alpha value is -0.750. The van der Waals surface area contributed by atoms with Gasteiger partial charge < -0.3 is 0 Å². The lowest BCUT2D eigenvalue weighted by Crippen LogP contribution is -2.38. The second-order valence-electron chi connectivity index (χ2n) is 4.26. The van der Waals surface area contributed by atoms with Crippen molar-refractivity contribution in [3.8, 4) is 0 Å². The summed E-state index contributed by atoms with van der Waals surface area (Å²) in [5.41, 5.74) is 5.25. The number of rotatable bonds is 5. The molecule has 0 saturated carbocycles. The number of aromatic nitrogens is 1. The van der Waals surface area contributed by atoms with Gasteiger partial charge in [-0.05, 0) is 31.0 Å². The summed E-state index contributed by atoms with van der Waals surface area (Å²) in [6.45, 7) is 2.02. The first-order chi connectivity index (χ1) is 8.67. The Labute approximate surface area is 120 Å². The van der Waals surface area contributed by atoms with Gasteiger partial charge in [0.25, 0.3) is 0 Å². The molecular formula is C13H16BrN3S. The smallest absolute Gasteiger partial charge is 0.0897 e. The van der Waals surface area contributed by atoms with Crippen LogP contribution in [0.4, 0.5) is 0 Å². The van der Waals surface area contributed by atoms with Gasteiger partial charge in [0.2, 0.25) is 0 Å². The highest BCUT2D eigenvalue weighted by molar-refractivity contribution is 9.10. The van der Waals surface area contributed by atoms with Crippen molar-refractivity contribution in [1.82, 2.24) is 10.4 Å². The maximum atomic E-state index is 5.63. The molecule has 0 bridgehead atoms. The topological polar surface area (TPSA) is 50.9 Å². The lowest BCUT2D eigenvalue weighted by Gasteiger charge is -2.14. The zero-order valence-electron chi connectivity index (χ0n) is 10.2. The third-order valence-electron chi connectivity index (χ3n) is 2.73. The number of hydrogen-bond acceptors (Lipinski definition) is 4. The minimum Gasteiger partial charge on any atom is -0.271 e. The van der Waals surface area contributed by atoms with Crippen LogP contribution in [0.5, 0.6) is 0 Å². The molecule has 1 heterocycles. The van der Waals surface area contributed by atoms with E-state index >= 15 is 0 Å². The van der Waals surface area contributed by atoms with E-state index in [1.165, 1.54) is 5.56 Å². The molecule has 1 aromatic carbocycles. The minimum absolute atomic E-state index is 0.209. The normalized spacial score (nSPS) is 12.6. The molecule has 0 saturated heterocycles. The van der Waals surface area contributed by atoms with Gasteiger partial charge in [-0.3, -0.25) is 11.3 Å². The van der Waals surface area contributed by atoms with Crippen LogP contribution in [0.2, 0.25) is 0 Å². The summed E-state index contributed by atoms with van der Waals surface area (Å²) in [5.74, 6) is 5.63. The second-order valence-corrected chi connectivity index (χ2v) is 6.24. The first-order valence-corrected chi connectivity index (χ1v) is 7.46. The highest BCUT2D eigenvalue weighted by Gasteiger charge is 2.11. The Morgan fingerprint density at radius 3 is 2.89 bits per heavy atom. The van der Waals surface area contributed by atoms with Crippen molar-refractivity contribution in [2.45, 2.75) is 25.8 Å². The predicted octanol–water partition coefficient (Wildman–Crippen LogP) is 2.83. The SMILES string of the molecule is Cc1nc(CC(Cc2cccc(Br)c2)NN)cs1. The van der Waals surface area contributed by atoms with Crippen LogP contribution in [0.25, 0.3) is 0 Å². The summed E-state index contributed by atoms with van der Waals surface area (Å²) in [5, 5.41) is 3.20. The van der Waals surface area contributed by atoms with E-state index in [2.05, 4.69) is 43.9 Å². The second kappa shape index (κ2) is 6.43. The Balaban J connectivity index is 2.01. The highest BCUT2D eigenvalue weighted by atomic mass is 79.9. The summed E-state index contributed by atoms with van der Waals surface area (Å²) < 4.78 is 1.10. The van der Waals surface area contributed by atoms with E-state index in [0.717, 1.165) is 28.0 Å². The van der Waals surface area contributed by atoms with Crippen molar-refractivity contribution in [1.29, 1.82) is 0 Å². The van der Waals surface area contributed by atoms with Crippen LogP contribution in [0.3, 0.4) is 0 Å². The van der Waals surface area contributed by atoms with Gasteiger partial charge in [-0.25, -0.2) is 4.98 Å². The van der Waals surface area contributed by atoms with Gasteiger partial charge in [0.15, 0.2) is 0 Å². The van der Waals surface area contributed by atoms with E-state index in [1.807, 2.05) is 19.1 Å². The lowest BCUT2D eigenvalue weighted by atomic mass is 10.0. The molecule has 5 heteroatoms. The standard InChI is InChI=1S/C13H16BrN3S/c1-9-16-13(8-18-9)7-12(17-15)6-10-3-2-4-11(14)5-10/h2-5,8,12,17H,6-7,15H2,1H3. The molecule has 0 aliphatic rings. The van der Waals surface area contributed by atoms with Gasteiger partial charge in [-0.2, -0.15) is 0 Å². The van der Waals surface area contributed by atoms with E-state index in [1.54, 1.807) is 11.3 Å². The van der Waals surface area contributed by atoms with Crippen LogP contribution in [-0.4, -0.2) is 11.0 Å². The zero-order valence-corrected chi connectivity index (χ0v) is 12.6. The van der Waals surface area contributed by atoms with Crippen LogP contribution >= 0.6 is 27.3 Å². The molecule has 0 aliphatic heterocycles. The van der Waals surface area contributed by atoms with Gasteiger partial charge in [-0.15, -0.1) is 11.3 Å². The third-order valence-corrected chi connectivity index (χ3v) is 4.04. The van der Waals surface area contributed by atoms with Crippen LogP contribution in [0, 0.1) is 6.92 Å². The number of aryl methyl sites for hydroxylation is 1. The zero-order chi connectivity index (χ0) is 13.0. The molecule has 0 radical (unpaired) electrons. The van der Waals surface area contributed by atoms with Crippen molar-refractivity contribution in [2.75, 3.05) is 0 Å². The molecule has 1 unspecified atom stereocenters. The first kappa shape index (κ1) is 13.7. The average molecular weight is 326 g/mol. The van der Waals surface area contributed by atoms with Crippen LogP contribution in [0.15, 0.2) is 34.1 Å². The van der Waals surface area contributed by atoms with E-state index in [0.29, 0.717) is 0 Å². The molecule has 2 aromatic rings. The fourth-order valence-electron chi connectivity index (χ4n) is 1.89. The van der Waals surface area contributed by atoms with E-state index in [9.17, 15) is 0 Å². The monoisotopic (exact) mass is 325 g/mol. The van der Waals surface area contributed by atoms with Crippen molar-refractivity contribution >= 4 is 27.3 Å². The van der Waals surface area contributed by atoms with Gasteiger partial charge >= 0.3 is 0 Å². The first-order valence-electron chi connectivity index (χ1n) is 5.79. The summed E-state index contributed by atoms with van der Waals surface area (Å²) in [4.78, 5) is 4.47. The van der Waals surface area contributed by atoms with Crippen molar-refractivity contribution < 1.29 is 0 Å². The third kappa shape index (κ3) is 3.88. The maximum Gasteiger partial charge on any atom is 0.0897 e. The molecule has 0 fully saturated rings. The molecule has 3 N–H and O–H groups in total. The quantitative estimate of drug-likeness (QED) is 0.656. The molecule has 3 nitrogen and oxygen atoms in total. The number of thiazole rings is 1. The van der Waals surface area contributed by atoms with E-state index in [-0.39, 0.29) is 6.04 Å². The molecule has 0 aliphatic carbocycles. The summed E-state index contributed by atoms with van der Waals surface area (Å²) in [6, 6.07) is 8.51. The van der Waals surface area contributed by atoms with Gasteiger partial charge in [0.05, 0.1) is 10.7 Å². The van der Waals surface area contributed by atoms with Gasteiger partial charge in [0.1, 0.15) is 0 Å². The molecule has 1 atom stereocenters. The number of benzene rings is 1. The highest BCUT2D eigenvalue weighted by Crippen LogP contribution is 2.15. The van der Waals surface area contributed by atoms with Crippen molar-refractivity contribution in [3.05, 3.63) is 50.4 Å². The summed E-state index contributed by atoms with van der Waals surface area (Å²) in [6.07, 6.45) is 1.75. The largest absolute Gasteiger partial charge is 0.271 e. The number of nitrogens with two attached hydrogens (primary N) is 1. The molecule has 96 valence electrons. The molecule has 1 aromatic heterocycles. The lowest BCUT2D eigenvalue weighted by molar-refractivity contribution is 0.518. The molecular weight excluding hydrogens is 310 g/mol. The van der Waals surface area contributed by atoms with E-state index < -0.39 is 0 Å². The number of nitrogens with zero attached hydrogens (tertiary/aromatic N) is 1. The number of hydrazine groups is 1. The Kier molecular flexibility index (Phi) is 4.88. The maximum absolute atomic E-state index is 5.63. The Morgan fingerprint density at radius 2 is 2.28 bits per heavy atom. The van der Waals surface area contributed by atoms with Gasteiger partial charge in [0, 0.05) is 22.3 Å². The predicted molar refractivity (Wildman–Crippen MR) is 79.5 cm³/mol. The molecule has 0 spiro atoms. The summed E-state index contributed by atoms with van der Waals surface area (Å²) >= 11 is 5.16. The fourth-order valence-corrected chi connectivity index (χ4v) is 2.97. The Morgan fingerprint density at radius 1 is 1.44 bits per heavy atom. The minimum atomic E-state index is 0.209. The number of nitrogens with one attached hydrogen (secondary N) is 1. The van der Waals surface area contributed by atoms with Crippen LogP contribution < -0.4 is 11.3 Å². The van der Waals surface area contributed by atoms with Crippen LogP contribution in [0.1, 0.15) is 16.3 Å². The Bertz CT molecular complexity index is 512. The fraction of sp³-hybridized carbons (Fsp3) is 0.308. The van der Waals surface area contributed by atoms with E-state index in [4.69, 9.17) is 5.84 Å². The van der Waals surface area contributed by atoms with Crippen molar-refractivity contribution in [2.24, 2.45) is 5.84 Å². The molecule has 18 heavy (non-hydrogen) atoms. The van der Waals surface area contributed by atoms with Crippen LogP contribution in [-0.2, 0) is 12.8 Å². The number of hydrogen-bond donors (Lipinski definition) is 2. The summed E-state index contributed by atoms with van der Waals surface area (Å²) in [7, 11) is 0. The number of halogens is 1. The molecule has 2 rings (SSSR count). The van der Waals surface area contributed by atoms with Gasteiger partial charge in [-0.1, -0.05) is 28.1 Å². The molecule has 0 amide bonds. The van der Waals surface area contributed by atoms with Crippen molar-refractivity contribution in [3.63, 3.8) is 0 Å².